The maximum atomic E-state index is 11.9. The Morgan fingerprint density at radius 1 is 1.21 bits per heavy atom. The van der Waals surface area contributed by atoms with E-state index in [1.165, 1.54) is 18.2 Å². The molecule has 2 aromatic rings. The summed E-state index contributed by atoms with van der Waals surface area (Å²) in [6.07, 6.45) is 1.27. The molecule has 19 heavy (non-hydrogen) atoms. The van der Waals surface area contributed by atoms with Gasteiger partial charge >= 0.3 is 5.88 Å². The number of carbonyl (C=O) groups excluding carboxylic acids is 1. The van der Waals surface area contributed by atoms with Crippen molar-refractivity contribution in [1.82, 2.24) is 0 Å². The first-order valence-corrected chi connectivity index (χ1v) is 5.39. The van der Waals surface area contributed by atoms with Gasteiger partial charge in [0.15, 0.2) is 0 Å². The number of hydrogen-bond donors (Lipinski definition) is 1. The molecular formula is C13H10N2O4. The fourth-order valence-electron chi connectivity index (χ4n) is 1.49. The molecule has 0 aliphatic rings. The Bertz CT molecular complexity index is 644. The number of benzene rings is 1. The molecule has 0 saturated carbocycles. The summed E-state index contributed by atoms with van der Waals surface area (Å²) in [6, 6.07) is 11.1. The van der Waals surface area contributed by atoms with Crippen molar-refractivity contribution >= 4 is 17.7 Å². The van der Waals surface area contributed by atoms with Gasteiger partial charge in [0, 0.05) is 11.6 Å². The van der Waals surface area contributed by atoms with Crippen LogP contribution in [-0.4, -0.2) is 10.7 Å². The summed E-state index contributed by atoms with van der Waals surface area (Å²) in [7, 11) is 0. The fourth-order valence-corrected chi connectivity index (χ4v) is 1.49. The molecule has 0 saturated heterocycles. The molecule has 6 nitrogen and oxygen atoms in total. The van der Waals surface area contributed by atoms with Crippen LogP contribution in [0.3, 0.4) is 0 Å². The fraction of sp³-hybridized carbons (Fsp3) is 0. The van der Waals surface area contributed by atoms with Crippen LogP contribution in [0.1, 0.15) is 16.1 Å². The predicted octanol–water partition coefficient (Wildman–Crippen LogP) is 2.37. The molecule has 2 N–H and O–H groups in total. The highest BCUT2D eigenvalue weighted by atomic mass is 16.6. The lowest BCUT2D eigenvalue weighted by atomic mass is 10.1. The number of nitro groups is 1. The third-order valence-electron chi connectivity index (χ3n) is 2.39. The average Bonchev–Trinajstić information content (AvgIpc) is 2.87. The summed E-state index contributed by atoms with van der Waals surface area (Å²) < 4.78 is 4.89. The van der Waals surface area contributed by atoms with E-state index in [-0.39, 0.29) is 17.2 Å². The summed E-state index contributed by atoms with van der Waals surface area (Å²) in [5.74, 6) is -0.598. The van der Waals surface area contributed by atoms with Crippen molar-refractivity contribution in [2.75, 3.05) is 0 Å². The number of nitrogens with two attached hydrogens (primary N) is 1. The molecule has 96 valence electrons. The lowest BCUT2D eigenvalue weighted by Crippen LogP contribution is -2.11. The number of hydrogen-bond acceptors (Lipinski definition) is 5. The van der Waals surface area contributed by atoms with Gasteiger partial charge in [0.25, 0.3) is 0 Å². The topological polar surface area (TPSA) is 99.4 Å². The standard InChI is InChI=1S/C13H10N2O4/c14-11(13(16)9-4-2-1-3-5-9)8-10-6-7-12(19-10)15(17)18/h1-8H,14H2/b11-8-. The lowest BCUT2D eigenvalue weighted by Gasteiger charge is -1.99. The summed E-state index contributed by atoms with van der Waals surface area (Å²) >= 11 is 0. The molecule has 0 radical (unpaired) electrons. The van der Waals surface area contributed by atoms with E-state index in [0.717, 1.165) is 0 Å². The van der Waals surface area contributed by atoms with E-state index in [9.17, 15) is 14.9 Å². The second-order valence-corrected chi connectivity index (χ2v) is 3.73. The Labute approximate surface area is 108 Å². The van der Waals surface area contributed by atoms with Gasteiger partial charge in [-0.15, -0.1) is 0 Å². The van der Waals surface area contributed by atoms with Crippen LogP contribution in [0.25, 0.3) is 6.08 Å². The van der Waals surface area contributed by atoms with Crippen molar-refractivity contribution in [3.63, 3.8) is 0 Å². The van der Waals surface area contributed by atoms with E-state index in [1.807, 2.05) is 0 Å². The molecule has 0 atom stereocenters. The highest BCUT2D eigenvalue weighted by Gasteiger charge is 2.13. The van der Waals surface area contributed by atoms with E-state index >= 15 is 0 Å². The molecule has 1 aromatic heterocycles. The Hall–Kier alpha value is -2.89. The summed E-state index contributed by atoms with van der Waals surface area (Å²) in [6.45, 7) is 0. The first-order valence-electron chi connectivity index (χ1n) is 5.39. The second kappa shape index (κ2) is 5.18. The quantitative estimate of drug-likeness (QED) is 0.392. The molecule has 1 aromatic carbocycles. The minimum absolute atomic E-state index is 0.0459. The molecular weight excluding hydrogens is 248 g/mol. The van der Waals surface area contributed by atoms with Gasteiger partial charge < -0.3 is 10.2 Å². The third-order valence-corrected chi connectivity index (χ3v) is 2.39. The van der Waals surface area contributed by atoms with Crippen LogP contribution >= 0.6 is 0 Å². The molecule has 6 heteroatoms. The van der Waals surface area contributed by atoms with E-state index in [4.69, 9.17) is 10.2 Å². The molecule has 1 heterocycles. The van der Waals surface area contributed by atoms with Crippen molar-refractivity contribution in [3.8, 4) is 0 Å². The normalized spacial score (nSPS) is 11.3. The number of nitrogens with zero attached hydrogens (tertiary/aromatic N) is 1. The van der Waals surface area contributed by atoms with Crippen molar-refractivity contribution < 1.29 is 14.1 Å². The number of furan rings is 1. The van der Waals surface area contributed by atoms with Crippen LogP contribution in [0.4, 0.5) is 5.88 Å². The molecule has 0 unspecified atom stereocenters. The van der Waals surface area contributed by atoms with Crippen LogP contribution in [0.2, 0.25) is 0 Å². The SMILES string of the molecule is N/C(=C\c1ccc([N+](=O)[O-])o1)C(=O)c1ccccc1. The molecule has 0 amide bonds. The van der Waals surface area contributed by atoms with Crippen molar-refractivity contribution in [2.45, 2.75) is 0 Å². The number of Topliss-reactive ketones (excluding diaryl/α,β-unsaturated/α-hetero) is 1. The largest absolute Gasteiger partial charge is 0.433 e. The minimum atomic E-state index is -0.660. The number of rotatable bonds is 4. The second-order valence-electron chi connectivity index (χ2n) is 3.73. The Morgan fingerprint density at radius 3 is 2.47 bits per heavy atom. The number of ketones is 1. The maximum absolute atomic E-state index is 11.9. The highest BCUT2D eigenvalue weighted by molar-refractivity contribution is 6.10. The minimum Gasteiger partial charge on any atom is -0.401 e. The molecule has 0 fully saturated rings. The van der Waals surface area contributed by atoms with Gasteiger partial charge in [-0.2, -0.15) is 0 Å². The summed E-state index contributed by atoms with van der Waals surface area (Å²) in [4.78, 5) is 21.7. The Morgan fingerprint density at radius 2 is 1.89 bits per heavy atom. The van der Waals surface area contributed by atoms with Crippen LogP contribution in [0, 0.1) is 10.1 Å². The average molecular weight is 258 g/mol. The first-order chi connectivity index (χ1) is 9.08. The van der Waals surface area contributed by atoms with Crippen LogP contribution in [0.5, 0.6) is 0 Å². The van der Waals surface area contributed by atoms with Crippen LogP contribution in [-0.2, 0) is 0 Å². The van der Waals surface area contributed by atoms with Crippen LogP contribution < -0.4 is 5.73 Å². The highest BCUT2D eigenvalue weighted by Crippen LogP contribution is 2.18. The van der Waals surface area contributed by atoms with Gasteiger partial charge in [0.1, 0.15) is 10.7 Å². The van der Waals surface area contributed by atoms with E-state index in [2.05, 4.69) is 0 Å². The van der Waals surface area contributed by atoms with Crippen molar-refractivity contribution in [2.24, 2.45) is 5.73 Å². The van der Waals surface area contributed by atoms with E-state index in [1.54, 1.807) is 30.3 Å². The zero-order valence-electron chi connectivity index (χ0n) is 9.78. The number of allylic oxidation sites excluding steroid dienone is 1. The Balaban J connectivity index is 2.23. The van der Waals surface area contributed by atoms with Gasteiger partial charge in [-0.1, -0.05) is 30.3 Å². The molecule has 0 spiro atoms. The summed E-state index contributed by atoms with van der Waals surface area (Å²) in [5.41, 5.74) is 6.04. The molecule has 2 rings (SSSR count). The maximum Gasteiger partial charge on any atom is 0.433 e. The van der Waals surface area contributed by atoms with Gasteiger partial charge in [-0.3, -0.25) is 14.9 Å². The van der Waals surface area contributed by atoms with Crippen LogP contribution in [0.15, 0.2) is 52.6 Å². The number of carbonyl (C=O) groups is 1. The first kappa shape index (κ1) is 12.6. The predicted molar refractivity (Wildman–Crippen MR) is 68.3 cm³/mol. The van der Waals surface area contributed by atoms with Gasteiger partial charge in [0.2, 0.25) is 5.78 Å². The molecule has 0 aliphatic carbocycles. The Kier molecular flexibility index (Phi) is 3.42. The summed E-state index contributed by atoms with van der Waals surface area (Å²) in [5, 5.41) is 10.4. The lowest BCUT2D eigenvalue weighted by molar-refractivity contribution is -0.402. The monoisotopic (exact) mass is 258 g/mol. The van der Waals surface area contributed by atoms with E-state index < -0.39 is 10.8 Å². The zero-order valence-corrected chi connectivity index (χ0v) is 9.78. The third kappa shape index (κ3) is 2.86. The van der Waals surface area contributed by atoms with Crippen molar-refractivity contribution in [1.29, 1.82) is 0 Å². The van der Waals surface area contributed by atoms with Crippen molar-refractivity contribution in [3.05, 3.63) is 69.6 Å². The smallest absolute Gasteiger partial charge is 0.401 e. The van der Waals surface area contributed by atoms with Gasteiger partial charge in [0.05, 0.1) is 11.8 Å². The van der Waals surface area contributed by atoms with E-state index in [0.29, 0.717) is 5.56 Å². The molecule has 0 bridgehead atoms. The van der Waals surface area contributed by atoms with Gasteiger partial charge in [-0.25, -0.2) is 0 Å². The van der Waals surface area contributed by atoms with Gasteiger partial charge in [-0.05, 0) is 6.07 Å². The molecule has 0 aliphatic heterocycles. The zero-order chi connectivity index (χ0) is 13.8.